The first-order chi connectivity index (χ1) is 13.6. The van der Waals surface area contributed by atoms with E-state index in [1.165, 1.54) is 5.01 Å². The maximum absolute atomic E-state index is 13.2. The van der Waals surface area contributed by atoms with Crippen LogP contribution in [0.4, 0.5) is 0 Å². The molecule has 0 atom stereocenters. The maximum atomic E-state index is 13.2. The maximum Gasteiger partial charge on any atom is 0.310 e. The number of hydrogen-bond acceptors (Lipinski definition) is 7. The molecule has 9 heteroatoms. The fraction of sp³-hybridized carbons (Fsp3) is 0.789. The number of carbonyl (C=O) groups is 2. The van der Waals surface area contributed by atoms with E-state index in [9.17, 15) is 19.5 Å². The number of carboxylic acid groups (broad SMARTS) is 1. The van der Waals surface area contributed by atoms with Gasteiger partial charge in [-0.25, -0.2) is 14.8 Å². The Balaban J connectivity index is 1.70. The third-order valence-corrected chi connectivity index (χ3v) is 5.99. The number of piperidine rings is 2. The molecule has 0 spiro atoms. The minimum Gasteiger partial charge on any atom is -0.481 e. The summed E-state index contributed by atoms with van der Waals surface area (Å²) in [6, 6.07) is 0.553. The first kappa shape index (κ1) is 21.0. The highest BCUT2D eigenvalue weighted by molar-refractivity contribution is 5.84. The molecule has 0 bridgehead atoms. The largest absolute Gasteiger partial charge is 0.481 e. The topological polar surface area (TPSA) is 105 Å². The molecule has 0 unspecified atom stereocenters. The predicted molar refractivity (Wildman–Crippen MR) is 103 cm³/mol. The van der Waals surface area contributed by atoms with Crippen LogP contribution in [0.25, 0.3) is 0 Å². The Labute approximate surface area is 165 Å². The van der Waals surface area contributed by atoms with E-state index in [1.807, 2.05) is 5.01 Å². The smallest absolute Gasteiger partial charge is 0.310 e. The number of rotatable bonds is 6. The second kappa shape index (κ2) is 10.1. The molecule has 3 rings (SSSR count). The number of carbonyl (C=O) groups excluding carboxylic acids is 2. The summed E-state index contributed by atoms with van der Waals surface area (Å²) in [5, 5.41) is 19.0. The average Bonchev–Trinajstić information content (AvgIpc) is 2.74. The van der Waals surface area contributed by atoms with E-state index in [-0.39, 0.29) is 17.5 Å². The van der Waals surface area contributed by atoms with E-state index in [1.54, 1.807) is 5.94 Å². The molecule has 156 valence electrons. The lowest BCUT2D eigenvalue weighted by atomic mass is 9.96. The van der Waals surface area contributed by atoms with Crippen LogP contribution in [-0.4, -0.2) is 96.2 Å². The molecule has 3 fully saturated rings. The molecule has 0 aromatic heterocycles. The van der Waals surface area contributed by atoms with Crippen LogP contribution in [0, 0.1) is 5.92 Å². The van der Waals surface area contributed by atoms with Gasteiger partial charge < -0.3 is 15.7 Å². The molecule has 0 aromatic rings. The zero-order valence-electron chi connectivity index (χ0n) is 16.4. The molecule has 9 nitrogen and oxygen atoms in total. The van der Waals surface area contributed by atoms with Crippen molar-refractivity contribution in [3.63, 3.8) is 0 Å². The Morgan fingerprint density at radius 2 is 1.54 bits per heavy atom. The molecule has 1 amide bonds. The van der Waals surface area contributed by atoms with Crippen LogP contribution in [0.1, 0.15) is 32.1 Å². The van der Waals surface area contributed by atoms with Crippen molar-refractivity contribution < 1.29 is 19.5 Å². The van der Waals surface area contributed by atoms with Crippen molar-refractivity contribution in [2.45, 2.75) is 38.1 Å². The molecule has 0 aliphatic carbocycles. The molecule has 3 aliphatic heterocycles. The van der Waals surface area contributed by atoms with Crippen LogP contribution in [-0.2, 0) is 14.4 Å². The number of hydrogen-bond donors (Lipinski definition) is 3. The summed E-state index contributed by atoms with van der Waals surface area (Å²) in [5.41, 5.74) is -0.0913. The number of hydrazine groups is 1. The highest BCUT2D eigenvalue weighted by atomic mass is 16.4. The van der Waals surface area contributed by atoms with Crippen molar-refractivity contribution in [1.82, 2.24) is 25.6 Å². The number of amides is 1. The third kappa shape index (κ3) is 5.18. The number of nitrogens with one attached hydrogen (secondary N) is 2. The third-order valence-electron chi connectivity index (χ3n) is 5.99. The fourth-order valence-electron chi connectivity index (χ4n) is 4.43. The van der Waals surface area contributed by atoms with Crippen molar-refractivity contribution in [3.05, 3.63) is 5.70 Å². The molecule has 3 heterocycles. The number of carboxylic acids is 1. The van der Waals surface area contributed by atoms with Gasteiger partial charge in [-0.2, -0.15) is 0 Å². The molecule has 3 aliphatic rings. The van der Waals surface area contributed by atoms with E-state index in [0.29, 0.717) is 32.0 Å². The summed E-state index contributed by atoms with van der Waals surface area (Å²) in [5.74, 6) is 0.244. The molecule has 0 radical (unpaired) electrons. The first-order valence-corrected chi connectivity index (χ1v) is 10.3. The van der Waals surface area contributed by atoms with Gasteiger partial charge in [-0.3, -0.25) is 14.5 Å². The Kier molecular flexibility index (Phi) is 7.58. The fourth-order valence-corrected chi connectivity index (χ4v) is 4.43. The monoisotopic (exact) mass is 393 g/mol. The Morgan fingerprint density at radius 3 is 2.07 bits per heavy atom. The lowest BCUT2D eigenvalue weighted by Crippen LogP contribution is -2.59. The second-order valence-electron chi connectivity index (χ2n) is 7.76. The van der Waals surface area contributed by atoms with E-state index in [2.05, 4.69) is 15.5 Å². The van der Waals surface area contributed by atoms with Crippen LogP contribution in [0.3, 0.4) is 0 Å². The summed E-state index contributed by atoms with van der Waals surface area (Å²) in [6.07, 6.45) is 3.15. The van der Waals surface area contributed by atoms with Gasteiger partial charge >= 0.3 is 5.97 Å². The van der Waals surface area contributed by atoms with Crippen LogP contribution in [0.2, 0.25) is 0 Å². The van der Waals surface area contributed by atoms with Gasteiger partial charge in [0, 0.05) is 38.1 Å². The zero-order valence-corrected chi connectivity index (χ0v) is 16.4. The minimum atomic E-state index is -1.13. The molecular formula is C19H31N5O4. The van der Waals surface area contributed by atoms with Crippen molar-refractivity contribution >= 4 is 17.8 Å². The second-order valence-corrected chi connectivity index (χ2v) is 7.76. The number of nitrogens with zero attached hydrogens (tertiary/aromatic N) is 3. The average molecular weight is 393 g/mol. The van der Waals surface area contributed by atoms with Gasteiger partial charge in [-0.15, -0.1) is 0 Å². The summed E-state index contributed by atoms with van der Waals surface area (Å²) in [7, 11) is 0. The molecule has 3 saturated heterocycles. The summed E-state index contributed by atoms with van der Waals surface area (Å²) in [4.78, 5) is 38.4. The quantitative estimate of drug-likeness (QED) is 0.509. The van der Waals surface area contributed by atoms with Crippen molar-refractivity contribution in [3.8, 4) is 0 Å². The summed E-state index contributed by atoms with van der Waals surface area (Å²) in [6.45, 7) is 6.39. The highest BCUT2D eigenvalue weighted by Gasteiger charge is 2.35. The van der Waals surface area contributed by atoms with E-state index in [0.717, 1.165) is 52.1 Å². The first-order valence-electron chi connectivity index (χ1n) is 10.3. The van der Waals surface area contributed by atoms with Crippen molar-refractivity contribution in [2.75, 3.05) is 52.4 Å². The van der Waals surface area contributed by atoms with Crippen LogP contribution >= 0.6 is 0 Å². The lowest BCUT2D eigenvalue weighted by Gasteiger charge is -2.45. The normalized spacial score (nSPS) is 23.1. The highest BCUT2D eigenvalue weighted by Crippen LogP contribution is 2.23. The van der Waals surface area contributed by atoms with Crippen LogP contribution in [0.15, 0.2) is 5.70 Å². The van der Waals surface area contributed by atoms with Crippen LogP contribution in [0.5, 0.6) is 0 Å². The standard InChI is InChI=1S/C19H31N5O4/c25-14-17(13-18(26)27)24(19(28)15-1-5-20-6-2-15)23-11-9-22(10-12-23)16-3-7-21-8-4-16/h15-16,20-21H,1-13H2,(H,26,27). The number of aliphatic carboxylic acids is 1. The lowest BCUT2D eigenvalue weighted by molar-refractivity contribution is -0.154. The molecular weight excluding hydrogens is 362 g/mol. The SMILES string of the molecule is O=C=C(CC(=O)O)N(C(=O)C1CCNCC1)N1CCN(C2CCNCC2)CC1. The van der Waals surface area contributed by atoms with E-state index < -0.39 is 12.4 Å². The van der Waals surface area contributed by atoms with E-state index in [4.69, 9.17) is 0 Å². The minimum absolute atomic E-state index is 0.0913. The molecule has 3 N–H and O–H groups in total. The van der Waals surface area contributed by atoms with Gasteiger partial charge in [-0.1, -0.05) is 0 Å². The van der Waals surface area contributed by atoms with Gasteiger partial charge in [-0.05, 0) is 51.9 Å². The van der Waals surface area contributed by atoms with Gasteiger partial charge in [0.25, 0.3) is 0 Å². The van der Waals surface area contributed by atoms with Crippen molar-refractivity contribution in [2.24, 2.45) is 5.92 Å². The Bertz CT molecular complexity index is 601. The Morgan fingerprint density at radius 1 is 0.964 bits per heavy atom. The summed E-state index contributed by atoms with van der Waals surface area (Å²) >= 11 is 0. The number of piperazine rings is 1. The van der Waals surface area contributed by atoms with Gasteiger partial charge in [0.2, 0.25) is 5.91 Å². The Hall–Kier alpha value is -1.77. The van der Waals surface area contributed by atoms with Crippen molar-refractivity contribution in [1.29, 1.82) is 0 Å². The molecule has 0 aromatic carbocycles. The van der Waals surface area contributed by atoms with Crippen LogP contribution < -0.4 is 10.6 Å². The zero-order chi connectivity index (χ0) is 19.9. The van der Waals surface area contributed by atoms with Gasteiger partial charge in [0.05, 0.1) is 6.42 Å². The van der Waals surface area contributed by atoms with Gasteiger partial charge in [0.1, 0.15) is 11.6 Å². The molecule has 28 heavy (non-hydrogen) atoms. The van der Waals surface area contributed by atoms with E-state index >= 15 is 0 Å². The van der Waals surface area contributed by atoms with Gasteiger partial charge in [0.15, 0.2) is 0 Å². The molecule has 0 saturated carbocycles. The summed E-state index contributed by atoms with van der Waals surface area (Å²) < 4.78 is 0. The predicted octanol–water partition coefficient (Wildman–Crippen LogP) is -0.711.